The Hall–Kier alpha value is -2.74. The van der Waals surface area contributed by atoms with E-state index < -0.39 is 0 Å². The summed E-state index contributed by atoms with van der Waals surface area (Å²) in [4.78, 5) is 4.15. The molecular formula is C15H13N3O2. The Morgan fingerprint density at radius 2 is 2.25 bits per heavy atom. The van der Waals surface area contributed by atoms with Crippen molar-refractivity contribution in [3.8, 4) is 11.8 Å². The van der Waals surface area contributed by atoms with Crippen LogP contribution in [0.1, 0.15) is 11.6 Å². The Balaban J connectivity index is 1.80. The Morgan fingerprint density at radius 1 is 1.40 bits per heavy atom. The van der Waals surface area contributed by atoms with Crippen molar-refractivity contribution in [3.63, 3.8) is 0 Å². The second-order valence-electron chi connectivity index (χ2n) is 4.38. The molecule has 0 aliphatic rings. The molecule has 0 aliphatic carbocycles. The lowest BCUT2D eigenvalue weighted by molar-refractivity contribution is 0.295. The molecule has 0 fully saturated rings. The Bertz CT molecular complexity index is 780. The molecule has 0 bridgehead atoms. The molecule has 0 saturated carbocycles. The van der Waals surface area contributed by atoms with Crippen LogP contribution in [0.5, 0.6) is 5.75 Å². The second kappa shape index (κ2) is 5.10. The molecule has 0 aliphatic heterocycles. The van der Waals surface area contributed by atoms with Crippen molar-refractivity contribution in [1.29, 1.82) is 5.26 Å². The average molecular weight is 267 g/mol. The average Bonchev–Trinajstić information content (AvgIpc) is 3.03. The maximum atomic E-state index is 9.11. The lowest BCUT2D eigenvalue weighted by Crippen LogP contribution is -2.09. The van der Waals surface area contributed by atoms with Crippen molar-refractivity contribution in [2.75, 3.05) is 6.61 Å². The first-order valence-electron chi connectivity index (χ1n) is 6.32. The highest BCUT2D eigenvalue weighted by Gasteiger charge is 2.14. The number of nitrogens with zero attached hydrogens (tertiary/aromatic N) is 3. The van der Waals surface area contributed by atoms with E-state index in [9.17, 15) is 0 Å². The minimum Gasteiger partial charge on any atom is -0.486 e. The van der Waals surface area contributed by atoms with Gasteiger partial charge in [-0.1, -0.05) is 12.1 Å². The molecule has 2 aromatic heterocycles. The van der Waals surface area contributed by atoms with Crippen LogP contribution >= 0.6 is 0 Å². The normalized spacial score (nSPS) is 10.6. The Morgan fingerprint density at radius 3 is 3.00 bits per heavy atom. The lowest BCUT2D eigenvalue weighted by Gasteiger charge is -2.06. The number of fused-ring (bicyclic) bond motifs is 1. The van der Waals surface area contributed by atoms with Gasteiger partial charge in [0.25, 0.3) is 0 Å². The summed E-state index contributed by atoms with van der Waals surface area (Å²) in [5.74, 6) is 1.67. The van der Waals surface area contributed by atoms with E-state index >= 15 is 0 Å². The van der Waals surface area contributed by atoms with Crippen molar-refractivity contribution in [3.05, 3.63) is 48.2 Å². The fraction of sp³-hybridized carbons (Fsp3) is 0.200. The number of para-hydroxylation sites is 1. The predicted octanol–water partition coefficient (Wildman–Crippen LogP) is 2.89. The number of aryl methyl sites for hydroxylation is 1. The number of imidazole rings is 1. The molecule has 3 aromatic rings. The summed E-state index contributed by atoms with van der Waals surface area (Å²) in [5, 5.41) is 9.93. The molecule has 0 atom stereocenters. The number of rotatable bonds is 4. The quantitative estimate of drug-likeness (QED) is 0.729. The van der Waals surface area contributed by atoms with Gasteiger partial charge >= 0.3 is 0 Å². The third kappa shape index (κ3) is 2.12. The second-order valence-corrected chi connectivity index (χ2v) is 4.38. The summed E-state index contributed by atoms with van der Waals surface area (Å²) in [5.41, 5.74) is 0.665. The molecule has 5 nitrogen and oxygen atoms in total. The molecular weight excluding hydrogens is 254 g/mol. The molecule has 0 amide bonds. The van der Waals surface area contributed by atoms with Crippen LogP contribution in [0.15, 0.2) is 41.1 Å². The van der Waals surface area contributed by atoms with Gasteiger partial charge in [0.15, 0.2) is 5.75 Å². The van der Waals surface area contributed by atoms with Crippen LogP contribution < -0.4 is 4.74 Å². The van der Waals surface area contributed by atoms with Gasteiger partial charge in [0, 0.05) is 12.4 Å². The van der Waals surface area contributed by atoms with Crippen LogP contribution in [0.25, 0.3) is 11.0 Å². The van der Waals surface area contributed by atoms with Crippen LogP contribution in [0.2, 0.25) is 0 Å². The van der Waals surface area contributed by atoms with Gasteiger partial charge in [-0.05, 0) is 19.1 Å². The van der Waals surface area contributed by atoms with Crippen molar-refractivity contribution < 1.29 is 9.15 Å². The number of ether oxygens (including phenoxy) is 1. The van der Waals surface area contributed by atoms with E-state index in [1.807, 2.05) is 48.0 Å². The summed E-state index contributed by atoms with van der Waals surface area (Å²) in [6, 6.07) is 9.50. The van der Waals surface area contributed by atoms with Crippen molar-refractivity contribution in [1.82, 2.24) is 9.55 Å². The smallest absolute Gasteiger partial charge is 0.246 e. The molecule has 3 rings (SSSR count). The first-order valence-corrected chi connectivity index (χ1v) is 6.32. The predicted molar refractivity (Wildman–Crippen MR) is 73.4 cm³/mol. The zero-order valence-electron chi connectivity index (χ0n) is 11.0. The van der Waals surface area contributed by atoms with Gasteiger partial charge in [0.05, 0.1) is 11.9 Å². The minimum absolute atomic E-state index is 0.216. The van der Waals surface area contributed by atoms with Gasteiger partial charge in [0.1, 0.15) is 24.1 Å². The molecule has 0 unspecified atom stereocenters. The maximum absolute atomic E-state index is 9.11. The summed E-state index contributed by atoms with van der Waals surface area (Å²) in [6.45, 7) is 3.07. The standard InChI is InChI=1S/C15H13N3O2/c1-11-17-6-7-18(11)8-9-19-15-12-4-2-3-5-13(12)20-14(15)10-16/h2-7H,8-9H2,1H3. The highest BCUT2D eigenvalue weighted by Crippen LogP contribution is 2.32. The minimum atomic E-state index is 0.216. The van der Waals surface area contributed by atoms with E-state index in [2.05, 4.69) is 4.98 Å². The Labute approximate surface area is 116 Å². The molecule has 0 saturated heterocycles. The third-order valence-electron chi connectivity index (χ3n) is 3.15. The first-order chi connectivity index (χ1) is 9.79. The molecule has 0 spiro atoms. The van der Waals surface area contributed by atoms with E-state index in [0.717, 1.165) is 11.2 Å². The van der Waals surface area contributed by atoms with Gasteiger partial charge in [0.2, 0.25) is 5.76 Å². The zero-order chi connectivity index (χ0) is 13.9. The number of benzene rings is 1. The Kier molecular flexibility index (Phi) is 3.13. The number of hydrogen-bond donors (Lipinski definition) is 0. The maximum Gasteiger partial charge on any atom is 0.246 e. The highest BCUT2D eigenvalue weighted by atomic mass is 16.5. The van der Waals surface area contributed by atoms with E-state index in [1.165, 1.54) is 0 Å². The van der Waals surface area contributed by atoms with Crippen LogP contribution in [-0.4, -0.2) is 16.2 Å². The summed E-state index contributed by atoms with van der Waals surface area (Å²) < 4.78 is 13.2. The summed E-state index contributed by atoms with van der Waals surface area (Å²) >= 11 is 0. The monoisotopic (exact) mass is 267 g/mol. The van der Waals surface area contributed by atoms with Crippen LogP contribution in [0.3, 0.4) is 0 Å². The molecule has 0 N–H and O–H groups in total. The van der Waals surface area contributed by atoms with E-state index in [4.69, 9.17) is 14.4 Å². The number of furan rings is 1. The highest BCUT2D eigenvalue weighted by molar-refractivity contribution is 5.86. The van der Waals surface area contributed by atoms with E-state index in [1.54, 1.807) is 6.20 Å². The van der Waals surface area contributed by atoms with Crippen LogP contribution in [-0.2, 0) is 6.54 Å². The van der Waals surface area contributed by atoms with Crippen LogP contribution in [0.4, 0.5) is 0 Å². The molecule has 1 aromatic carbocycles. The lowest BCUT2D eigenvalue weighted by atomic mass is 10.2. The van der Waals surface area contributed by atoms with Crippen LogP contribution in [0, 0.1) is 18.3 Å². The van der Waals surface area contributed by atoms with Gasteiger partial charge in [-0.3, -0.25) is 0 Å². The first kappa shape index (κ1) is 12.3. The molecule has 0 radical (unpaired) electrons. The fourth-order valence-corrected chi connectivity index (χ4v) is 2.12. The van der Waals surface area contributed by atoms with Crippen molar-refractivity contribution >= 4 is 11.0 Å². The largest absolute Gasteiger partial charge is 0.486 e. The zero-order valence-corrected chi connectivity index (χ0v) is 11.0. The number of hydrogen-bond acceptors (Lipinski definition) is 4. The van der Waals surface area contributed by atoms with Gasteiger partial charge in [-0.25, -0.2) is 4.98 Å². The van der Waals surface area contributed by atoms with Gasteiger partial charge in [-0.2, -0.15) is 5.26 Å². The van der Waals surface area contributed by atoms with Crippen molar-refractivity contribution in [2.45, 2.75) is 13.5 Å². The number of nitriles is 1. The molecule has 2 heterocycles. The molecule has 100 valence electrons. The molecule has 20 heavy (non-hydrogen) atoms. The van der Waals surface area contributed by atoms with E-state index in [0.29, 0.717) is 24.5 Å². The number of aromatic nitrogens is 2. The van der Waals surface area contributed by atoms with Crippen molar-refractivity contribution in [2.24, 2.45) is 0 Å². The third-order valence-corrected chi connectivity index (χ3v) is 3.15. The SMILES string of the molecule is Cc1nccn1CCOc1c(C#N)oc2ccccc12. The summed E-state index contributed by atoms with van der Waals surface area (Å²) in [7, 11) is 0. The van der Waals surface area contributed by atoms with E-state index in [-0.39, 0.29) is 5.76 Å². The van der Waals surface area contributed by atoms with Gasteiger partial charge < -0.3 is 13.7 Å². The van der Waals surface area contributed by atoms with Gasteiger partial charge in [-0.15, -0.1) is 0 Å². The topological polar surface area (TPSA) is 64.0 Å². The molecule has 5 heteroatoms. The summed E-state index contributed by atoms with van der Waals surface area (Å²) in [6.07, 6.45) is 3.65. The fourth-order valence-electron chi connectivity index (χ4n) is 2.12.